The van der Waals surface area contributed by atoms with E-state index in [0.717, 1.165) is 15.0 Å². The zero-order valence-electron chi connectivity index (χ0n) is 17.8. The fourth-order valence-electron chi connectivity index (χ4n) is 4.00. The van der Waals surface area contributed by atoms with Gasteiger partial charge in [-0.2, -0.15) is 0 Å². The first-order valence-electron chi connectivity index (χ1n) is 10.6. The highest BCUT2D eigenvalue weighted by Crippen LogP contribution is 2.33. The minimum absolute atomic E-state index is 0.0450. The van der Waals surface area contributed by atoms with Gasteiger partial charge in [-0.15, -0.1) is 21.5 Å². The molecule has 0 bridgehead atoms. The third-order valence-electron chi connectivity index (χ3n) is 5.75. The second-order valence-corrected chi connectivity index (χ2v) is 9.61. The van der Waals surface area contributed by atoms with E-state index in [1.54, 1.807) is 39.7 Å². The van der Waals surface area contributed by atoms with Crippen molar-refractivity contribution >= 4 is 45.1 Å². The van der Waals surface area contributed by atoms with Gasteiger partial charge in [0.05, 0.1) is 23.0 Å². The average molecular weight is 487 g/mol. The van der Waals surface area contributed by atoms with Crippen LogP contribution in [0.3, 0.4) is 0 Å². The number of amides is 1. The Bertz CT molecular complexity index is 1140. The summed E-state index contributed by atoms with van der Waals surface area (Å²) in [5, 5.41) is 24.1. The molecule has 2 saturated heterocycles. The number of hydrogen-bond donors (Lipinski definition) is 0. The van der Waals surface area contributed by atoms with E-state index < -0.39 is 4.92 Å². The summed E-state index contributed by atoms with van der Waals surface area (Å²) in [6, 6.07) is 8.78. The van der Waals surface area contributed by atoms with Crippen LogP contribution in [0, 0.1) is 10.1 Å². The Labute approximate surface area is 198 Å². The number of thiophene rings is 1. The molecule has 5 rings (SSSR count). The minimum atomic E-state index is -0.417. The van der Waals surface area contributed by atoms with Crippen LogP contribution >= 0.6 is 22.7 Å². The molecule has 0 spiro atoms. The summed E-state index contributed by atoms with van der Waals surface area (Å²) >= 11 is 3.18. The fraction of sp³-hybridized carbons (Fsp3) is 0.381. The molecule has 0 aliphatic carbocycles. The van der Waals surface area contributed by atoms with Crippen molar-refractivity contribution in [1.82, 2.24) is 15.1 Å². The number of rotatable bonds is 5. The number of nitro groups is 1. The van der Waals surface area contributed by atoms with Crippen LogP contribution in [0.4, 0.5) is 16.5 Å². The minimum Gasteiger partial charge on any atom is -0.378 e. The molecule has 2 fully saturated rings. The lowest BCUT2D eigenvalue weighted by Gasteiger charge is -2.34. The maximum atomic E-state index is 13.1. The number of morpholine rings is 1. The molecular weight excluding hydrogens is 464 g/mol. The monoisotopic (exact) mass is 486 g/mol. The quantitative estimate of drug-likeness (QED) is 0.400. The predicted molar refractivity (Wildman–Crippen MR) is 127 cm³/mol. The molecule has 1 aromatic carbocycles. The number of benzene rings is 1. The highest BCUT2D eigenvalue weighted by atomic mass is 32.1. The van der Waals surface area contributed by atoms with Gasteiger partial charge < -0.3 is 19.4 Å². The second-order valence-electron chi connectivity index (χ2n) is 7.71. The van der Waals surface area contributed by atoms with E-state index in [-0.39, 0.29) is 11.6 Å². The molecule has 0 N–H and O–H groups in total. The fourth-order valence-corrected chi connectivity index (χ4v) is 5.69. The third kappa shape index (κ3) is 4.54. The Morgan fingerprint density at radius 2 is 1.82 bits per heavy atom. The highest BCUT2D eigenvalue weighted by molar-refractivity contribution is 7.22. The van der Waals surface area contributed by atoms with Crippen LogP contribution in [-0.2, 0) is 4.74 Å². The lowest BCUT2D eigenvalue weighted by Crippen LogP contribution is -2.48. The summed E-state index contributed by atoms with van der Waals surface area (Å²) in [5.41, 5.74) is 0.821. The summed E-state index contributed by atoms with van der Waals surface area (Å²) in [6.45, 7) is 4.57. The number of carbonyl (C=O) groups excluding carboxylic acids is 1. The van der Waals surface area contributed by atoms with Gasteiger partial charge in [-0.1, -0.05) is 17.4 Å². The van der Waals surface area contributed by atoms with Crippen LogP contribution in [-0.4, -0.2) is 78.4 Å². The number of piperazine rings is 1. The SMILES string of the molecule is O=C(c1ccc(N2CCOCC2)c([N+](=O)[O-])c1)N1CCN(c2nnc(-c3cccs3)s2)CC1. The van der Waals surface area contributed by atoms with Crippen LogP contribution in [0.25, 0.3) is 9.88 Å². The number of hydrogen-bond acceptors (Lipinski definition) is 10. The summed E-state index contributed by atoms with van der Waals surface area (Å²) in [7, 11) is 0. The van der Waals surface area contributed by atoms with E-state index in [1.165, 1.54) is 6.07 Å². The van der Waals surface area contributed by atoms with Gasteiger partial charge in [0.1, 0.15) is 5.69 Å². The van der Waals surface area contributed by atoms with Crippen molar-refractivity contribution in [3.05, 3.63) is 51.4 Å². The molecule has 4 heterocycles. The molecule has 0 unspecified atom stereocenters. The first kappa shape index (κ1) is 21.7. The van der Waals surface area contributed by atoms with Gasteiger partial charge in [-0.05, 0) is 23.6 Å². The van der Waals surface area contributed by atoms with Crippen molar-refractivity contribution in [3.8, 4) is 9.88 Å². The Hall–Kier alpha value is -3.09. The van der Waals surface area contributed by atoms with Crippen molar-refractivity contribution in [2.75, 3.05) is 62.3 Å². The van der Waals surface area contributed by atoms with Crippen LogP contribution in [0.15, 0.2) is 35.7 Å². The zero-order chi connectivity index (χ0) is 22.8. The van der Waals surface area contributed by atoms with Gasteiger partial charge in [0.15, 0.2) is 5.01 Å². The number of anilines is 2. The van der Waals surface area contributed by atoms with Crippen molar-refractivity contribution < 1.29 is 14.5 Å². The van der Waals surface area contributed by atoms with E-state index in [9.17, 15) is 14.9 Å². The van der Waals surface area contributed by atoms with E-state index in [1.807, 2.05) is 22.4 Å². The van der Waals surface area contributed by atoms with Gasteiger partial charge in [0.2, 0.25) is 5.13 Å². The highest BCUT2D eigenvalue weighted by Gasteiger charge is 2.28. The van der Waals surface area contributed by atoms with Crippen molar-refractivity contribution in [3.63, 3.8) is 0 Å². The molecule has 33 heavy (non-hydrogen) atoms. The molecule has 10 nitrogen and oxygen atoms in total. The summed E-state index contributed by atoms with van der Waals surface area (Å²) < 4.78 is 5.34. The normalized spacial score (nSPS) is 16.8. The van der Waals surface area contributed by atoms with Crippen LogP contribution in [0.5, 0.6) is 0 Å². The predicted octanol–water partition coefficient (Wildman–Crippen LogP) is 2.97. The first-order chi connectivity index (χ1) is 16.1. The van der Waals surface area contributed by atoms with Crippen molar-refractivity contribution in [2.45, 2.75) is 0 Å². The molecule has 0 radical (unpaired) electrons. The van der Waals surface area contributed by atoms with Crippen LogP contribution in [0.1, 0.15) is 10.4 Å². The second kappa shape index (κ2) is 9.41. The Morgan fingerprint density at radius 1 is 1.03 bits per heavy atom. The number of nitrogens with zero attached hydrogens (tertiary/aromatic N) is 6. The number of nitro benzene ring substituents is 1. The maximum Gasteiger partial charge on any atom is 0.293 e. The lowest BCUT2D eigenvalue weighted by atomic mass is 10.1. The molecule has 2 aliphatic rings. The molecule has 0 atom stereocenters. The maximum absolute atomic E-state index is 13.1. The Kier molecular flexibility index (Phi) is 6.20. The smallest absolute Gasteiger partial charge is 0.293 e. The number of aromatic nitrogens is 2. The molecule has 2 aromatic heterocycles. The first-order valence-corrected chi connectivity index (χ1v) is 12.3. The number of ether oxygens (including phenoxy) is 1. The van der Waals surface area contributed by atoms with E-state index in [2.05, 4.69) is 15.1 Å². The average Bonchev–Trinajstić information content (AvgIpc) is 3.56. The molecule has 1 amide bonds. The molecular formula is C21H22N6O4S2. The topological polar surface area (TPSA) is 105 Å². The number of carbonyl (C=O) groups is 1. The molecule has 2 aliphatic heterocycles. The summed E-state index contributed by atoms with van der Waals surface area (Å²) in [6.07, 6.45) is 0. The zero-order valence-corrected chi connectivity index (χ0v) is 19.4. The standard InChI is InChI=1S/C21H22N6O4S2/c28-20(15-3-4-16(17(14-15)27(29)30)24-9-11-31-12-10-24)25-5-7-26(8-6-25)21-23-22-19(33-21)18-2-1-13-32-18/h1-4,13-14H,5-12H2. The molecule has 3 aromatic rings. The van der Waals surface area contributed by atoms with E-state index in [4.69, 9.17) is 4.74 Å². The van der Waals surface area contributed by atoms with Crippen molar-refractivity contribution in [1.29, 1.82) is 0 Å². The largest absolute Gasteiger partial charge is 0.378 e. The van der Waals surface area contributed by atoms with Crippen LogP contribution < -0.4 is 9.80 Å². The summed E-state index contributed by atoms with van der Waals surface area (Å²) in [5.74, 6) is -0.192. The summed E-state index contributed by atoms with van der Waals surface area (Å²) in [4.78, 5) is 31.3. The van der Waals surface area contributed by atoms with E-state index >= 15 is 0 Å². The van der Waals surface area contributed by atoms with Crippen molar-refractivity contribution in [2.24, 2.45) is 0 Å². The Balaban J connectivity index is 1.26. The van der Waals surface area contributed by atoms with E-state index in [0.29, 0.717) is 63.7 Å². The third-order valence-corrected chi connectivity index (χ3v) is 7.78. The molecule has 0 saturated carbocycles. The molecule has 172 valence electrons. The Morgan fingerprint density at radius 3 is 2.52 bits per heavy atom. The van der Waals surface area contributed by atoms with Crippen LogP contribution in [0.2, 0.25) is 0 Å². The molecule has 12 heteroatoms. The van der Waals surface area contributed by atoms with Gasteiger partial charge in [0.25, 0.3) is 11.6 Å². The van der Waals surface area contributed by atoms with Gasteiger partial charge in [0, 0.05) is 50.9 Å². The lowest BCUT2D eigenvalue weighted by molar-refractivity contribution is -0.384. The van der Waals surface area contributed by atoms with Gasteiger partial charge in [-0.3, -0.25) is 14.9 Å². The van der Waals surface area contributed by atoms with Gasteiger partial charge >= 0.3 is 0 Å². The van der Waals surface area contributed by atoms with Gasteiger partial charge in [-0.25, -0.2) is 0 Å².